The molecule has 0 saturated carbocycles. The van der Waals surface area contributed by atoms with Gasteiger partial charge in [0.05, 0.1) is 29.8 Å². The minimum absolute atomic E-state index is 0.0305. The van der Waals surface area contributed by atoms with Gasteiger partial charge in [-0.1, -0.05) is 12.1 Å². The first kappa shape index (κ1) is 15.3. The number of anilines is 1. The van der Waals surface area contributed by atoms with E-state index in [1.807, 2.05) is 31.2 Å². The van der Waals surface area contributed by atoms with Gasteiger partial charge in [-0.05, 0) is 19.1 Å². The van der Waals surface area contributed by atoms with Crippen LogP contribution in [-0.4, -0.2) is 45.1 Å². The molecule has 8 heteroatoms. The number of hydrogen-bond donors (Lipinski definition) is 1. The van der Waals surface area contributed by atoms with Gasteiger partial charge in [-0.15, -0.1) is 0 Å². The van der Waals surface area contributed by atoms with E-state index in [4.69, 9.17) is 4.74 Å². The van der Waals surface area contributed by atoms with Gasteiger partial charge in [0.15, 0.2) is 0 Å². The maximum atomic E-state index is 10.7. The first-order valence-corrected chi connectivity index (χ1v) is 7.38. The summed E-state index contributed by atoms with van der Waals surface area (Å²) in [4.78, 5) is 12.2. The van der Waals surface area contributed by atoms with Crippen molar-refractivity contribution in [1.29, 1.82) is 0 Å². The Morgan fingerprint density at radius 3 is 3.00 bits per heavy atom. The van der Waals surface area contributed by atoms with E-state index in [0.717, 1.165) is 11.4 Å². The highest BCUT2D eigenvalue weighted by atomic mass is 16.6. The van der Waals surface area contributed by atoms with Crippen molar-refractivity contribution < 1.29 is 14.8 Å². The lowest BCUT2D eigenvalue weighted by Crippen LogP contribution is -2.43. The molecule has 8 nitrogen and oxygen atoms in total. The van der Waals surface area contributed by atoms with E-state index in [1.54, 1.807) is 0 Å². The smallest absolute Gasteiger partial charge is 0.306 e. The highest BCUT2D eigenvalue weighted by Crippen LogP contribution is 2.32. The summed E-state index contributed by atoms with van der Waals surface area (Å²) in [5.41, 5.74) is 0.860. The van der Waals surface area contributed by atoms with E-state index in [-0.39, 0.29) is 18.3 Å². The molecule has 3 rings (SSSR count). The molecule has 1 aromatic heterocycles. The third kappa shape index (κ3) is 3.42. The number of nitro groups is 1. The van der Waals surface area contributed by atoms with Gasteiger partial charge in [-0.2, -0.15) is 5.10 Å². The zero-order valence-electron chi connectivity index (χ0n) is 12.7. The van der Waals surface area contributed by atoms with Gasteiger partial charge < -0.3 is 14.7 Å². The number of aromatic nitrogens is 2. The monoisotopic (exact) mass is 318 g/mol. The summed E-state index contributed by atoms with van der Waals surface area (Å²) in [7, 11) is 0. The molecule has 23 heavy (non-hydrogen) atoms. The fourth-order valence-corrected chi connectivity index (χ4v) is 2.73. The molecule has 0 fully saturated rings. The standard InChI is InChI=1S/C15H18N4O4/c1-11-7-17(14-4-2-3-5-15(14)23-11)9-13(20)10-18-8-12(6-16-18)19(21)22/h2-6,8,11,13,20H,7,9-10H2,1H3/t11-,13+/m0/s1. The summed E-state index contributed by atoms with van der Waals surface area (Å²) >= 11 is 0. The number of nitrogens with zero attached hydrogens (tertiary/aromatic N) is 4. The molecule has 122 valence electrons. The van der Waals surface area contributed by atoms with Crippen LogP contribution >= 0.6 is 0 Å². The van der Waals surface area contributed by atoms with E-state index in [9.17, 15) is 15.2 Å². The van der Waals surface area contributed by atoms with Crippen molar-refractivity contribution in [3.63, 3.8) is 0 Å². The summed E-state index contributed by atoms with van der Waals surface area (Å²) in [5, 5.41) is 24.9. The average Bonchev–Trinajstić information content (AvgIpc) is 2.95. The Balaban J connectivity index is 1.67. The first-order valence-electron chi connectivity index (χ1n) is 7.38. The fraction of sp³-hybridized carbons (Fsp3) is 0.400. The Bertz CT molecular complexity index is 702. The summed E-state index contributed by atoms with van der Waals surface area (Å²) in [6.45, 7) is 3.25. The first-order chi connectivity index (χ1) is 11.0. The lowest BCUT2D eigenvalue weighted by molar-refractivity contribution is -0.385. The number of benzene rings is 1. The second kappa shape index (κ2) is 6.25. The lowest BCUT2D eigenvalue weighted by atomic mass is 10.2. The van der Waals surface area contributed by atoms with Crippen LogP contribution in [0.1, 0.15) is 6.92 Å². The molecule has 0 spiro atoms. The lowest BCUT2D eigenvalue weighted by Gasteiger charge is -2.36. The average molecular weight is 318 g/mol. The Hall–Kier alpha value is -2.61. The summed E-state index contributed by atoms with van der Waals surface area (Å²) < 4.78 is 7.16. The minimum atomic E-state index is -0.701. The predicted molar refractivity (Wildman–Crippen MR) is 83.6 cm³/mol. The number of aliphatic hydroxyl groups is 1. The van der Waals surface area contributed by atoms with Crippen molar-refractivity contribution in [2.75, 3.05) is 18.0 Å². The van der Waals surface area contributed by atoms with Crippen LogP contribution in [0.15, 0.2) is 36.7 Å². The van der Waals surface area contributed by atoms with Crippen molar-refractivity contribution in [3.05, 3.63) is 46.8 Å². The van der Waals surface area contributed by atoms with E-state index in [1.165, 1.54) is 17.1 Å². The maximum absolute atomic E-state index is 10.7. The van der Waals surface area contributed by atoms with E-state index < -0.39 is 11.0 Å². The Morgan fingerprint density at radius 2 is 2.26 bits per heavy atom. The van der Waals surface area contributed by atoms with Crippen molar-refractivity contribution in [2.45, 2.75) is 25.7 Å². The Morgan fingerprint density at radius 1 is 1.48 bits per heavy atom. The van der Waals surface area contributed by atoms with E-state index in [2.05, 4.69) is 10.00 Å². The highest BCUT2D eigenvalue weighted by molar-refractivity contribution is 5.60. The number of β-amino-alcohol motifs (C(OH)–C–C–N with tert-alkyl or cyclic N) is 1. The van der Waals surface area contributed by atoms with Crippen LogP contribution in [0.3, 0.4) is 0 Å². The fourth-order valence-electron chi connectivity index (χ4n) is 2.73. The quantitative estimate of drug-likeness (QED) is 0.662. The molecule has 2 aromatic rings. The van der Waals surface area contributed by atoms with Gasteiger partial charge in [-0.3, -0.25) is 14.8 Å². The van der Waals surface area contributed by atoms with Crippen LogP contribution in [-0.2, 0) is 6.54 Å². The molecule has 0 radical (unpaired) electrons. The SMILES string of the molecule is C[C@H]1CN(C[C@@H](O)Cn2cc([N+](=O)[O-])cn2)c2ccccc2O1. The maximum Gasteiger partial charge on any atom is 0.306 e. The van der Waals surface area contributed by atoms with Crippen LogP contribution in [0.2, 0.25) is 0 Å². The molecule has 0 unspecified atom stereocenters. The van der Waals surface area contributed by atoms with Crippen LogP contribution < -0.4 is 9.64 Å². The minimum Gasteiger partial charge on any atom is -0.487 e. The second-order valence-electron chi connectivity index (χ2n) is 5.63. The largest absolute Gasteiger partial charge is 0.487 e. The topological polar surface area (TPSA) is 93.7 Å². The van der Waals surface area contributed by atoms with Crippen LogP contribution in [0.25, 0.3) is 0 Å². The molecule has 1 N–H and O–H groups in total. The van der Waals surface area contributed by atoms with Crippen molar-refractivity contribution in [2.24, 2.45) is 0 Å². The third-order valence-corrected chi connectivity index (χ3v) is 3.67. The van der Waals surface area contributed by atoms with Crippen molar-refractivity contribution >= 4 is 11.4 Å². The molecule has 1 aliphatic heterocycles. The highest BCUT2D eigenvalue weighted by Gasteiger charge is 2.24. The molecular formula is C15H18N4O4. The van der Waals surface area contributed by atoms with Gasteiger partial charge >= 0.3 is 5.69 Å². The van der Waals surface area contributed by atoms with Gasteiger partial charge in [0.25, 0.3) is 0 Å². The molecule has 2 atom stereocenters. The van der Waals surface area contributed by atoms with Gasteiger partial charge in [-0.25, -0.2) is 0 Å². The second-order valence-corrected chi connectivity index (χ2v) is 5.63. The summed E-state index contributed by atoms with van der Waals surface area (Å²) in [6.07, 6.45) is 1.83. The number of fused-ring (bicyclic) bond motifs is 1. The van der Waals surface area contributed by atoms with Crippen molar-refractivity contribution in [3.8, 4) is 5.75 Å². The van der Waals surface area contributed by atoms with Gasteiger partial charge in [0.1, 0.15) is 24.2 Å². The molecule has 0 saturated heterocycles. The molecule has 0 aliphatic carbocycles. The van der Waals surface area contributed by atoms with E-state index >= 15 is 0 Å². The molecule has 1 aliphatic rings. The molecular weight excluding hydrogens is 300 g/mol. The third-order valence-electron chi connectivity index (χ3n) is 3.67. The van der Waals surface area contributed by atoms with E-state index in [0.29, 0.717) is 13.1 Å². The normalized spacial score (nSPS) is 18.2. The zero-order chi connectivity index (χ0) is 16.4. The van der Waals surface area contributed by atoms with Crippen molar-refractivity contribution in [1.82, 2.24) is 9.78 Å². The number of hydrogen-bond acceptors (Lipinski definition) is 6. The molecule has 1 aromatic carbocycles. The number of rotatable bonds is 5. The van der Waals surface area contributed by atoms with Crippen LogP contribution in [0, 0.1) is 10.1 Å². The number of para-hydroxylation sites is 2. The predicted octanol–water partition coefficient (Wildman–Crippen LogP) is 1.44. The Labute approximate surface area is 133 Å². The zero-order valence-corrected chi connectivity index (χ0v) is 12.7. The number of aliphatic hydroxyl groups excluding tert-OH is 1. The molecule has 0 amide bonds. The molecule has 0 bridgehead atoms. The molecule has 2 heterocycles. The van der Waals surface area contributed by atoms with Crippen LogP contribution in [0.5, 0.6) is 5.75 Å². The Kier molecular flexibility index (Phi) is 4.16. The van der Waals surface area contributed by atoms with Gasteiger partial charge in [0, 0.05) is 6.54 Å². The van der Waals surface area contributed by atoms with Crippen LogP contribution in [0.4, 0.5) is 11.4 Å². The summed E-state index contributed by atoms with van der Waals surface area (Å²) in [6, 6.07) is 7.69. The van der Waals surface area contributed by atoms with Gasteiger partial charge in [0.2, 0.25) is 0 Å². The number of ether oxygens (including phenoxy) is 1. The summed E-state index contributed by atoms with van der Waals surface area (Å²) in [5.74, 6) is 0.799.